The predicted molar refractivity (Wildman–Crippen MR) is 75.1 cm³/mol. The van der Waals surface area contributed by atoms with E-state index in [0.29, 0.717) is 29.2 Å². The second-order valence-corrected chi connectivity index (χ2v) is 4.62. The van der Waals surface area contributed by atoms with E-state index in [1.165, 1.54) is 0 Å². The number of hydrogen-bond acceptors (Lipinski definition) is 3. The third-order valence-electron chi connectivity index (χ3n) is 2.85. The van der Waals surface area contributed by atoms with Gasteiger partial charge in [-0.2, -0.15) is 5.10 Å². The van der Waals surface area contributed by atoms with Crippen molar-refractivity contribution in [2.45, 2.75) is 6.42 Å². The Morgan fingerprint density at radius 3 is 2.95 bits per heavy atom. The molecular formula is C13H15ClN4O. The van der Waals surface area contributed by atoms with Crippen LogP contribution in [-0.2, 0) is 13.5 Å². The fourth-order valence-electron chi connectivity index (χ4n) is 1.77. The fraction of sp³-hybridized carbons (Fsp3) is 0.231. The molecule has 2 aromatic rings. The zero-order valence-electron chi connectivity index (χ0n) is 10.6. The Morgan fingerprint density at radius 1 is 1.47 bits per heavy atom. The number of carbonyl (C=O) groups is 1. The molecule has 100 valence electrons. The van der Waals surface area contributed by atoms with Gasteiger partial charge < -0.3 is 11.1 Å². The lowest BCUT2D eigenvalue weighted by Crippen LogP contribution is -2.27. The van der Waals surface area contributed by atoms with Crippen LogP contribution in [0.15, 0.2) is 30.5 Å². The van der Waals surface area contributed by atoms with Gasteiger partial charge in [0.25, 0.3) is 5.91 Å². The smallest absolute Gasteiger partial charge is 0.253 e. The predicted octanol–water partition coefficient (Wildman–Crippen LogP) is 1.63. The van der Waals surface area contributed by atoms with Crippen LogP contribution in [0.1, 0.15) is 16.1 Å². The van der Waals surface area contributed by atoms with E-state index in [0.717, 1.165) is 5.69 Å². The number of nitrogens with zero attached hydrogens (tertiary/aromatic N) is 2. The van der Waals surface area contributed by atoms with Gasteiger partial charge in [-0.25, -0.2) is 0 Å². The fourth-order valence-corrected chi connectivity index (χ4v) is 1.94. The molecule has 0 aliphatic heterocycles. The van der Waals surface area contributed by atoms with Crippen LogP contribution in [0.25, 0.3) is 0 Å². The molecule has 1 aromatic carbocycles. The molecule has 19 heavy (non-hydrogen) atoms. The van der Waals surface area contributed by atoms with E-state index in [1.807, 2.05) is 13.1 Å². The number of aromatic nitrogens is 2. The summed E-state index contributed by atoms with van der Waals surface area (Å²) in [6, 6.07) is 6.76. The molecule has 0 atom stereocenters. The summed E-state index contributed by atoms with van der Waals surface area (Å²) in [7, 11) is 1.87. The maximum Gasteiger partial charge on any atom is 0.253 e. The number of nitrogen functional groups attached to an aromatic ring is 1. The van der Waals surface area contributed by atoms with Crippen LogP contribution in [-0.4, -0.2) is 22.2 Å². The van der Waals surface area contributed by atoms with Gasteiger partial charge >= 0.3 is 0 Å². The van der Waals surface area contributed by atoms with Gasteiger partial charge in [0.05, 0.1) is 5.56 Å². The highest BCUT2D eigenvalue weighted by Gasteiger charge is 2.10. The Bertz CT molecular complexity index is 594. The number of nitrogens with two attached hydrogens (primary N) is 1. The van der Waals surface area contributed by atoms with Gasteiger partial charge in [0.2, 0.25) is 0 Å². The van der Waals surface area contributed by atoms with Crippen LogP contribution in [0.4, 0.5) is 5.69 Å². The Morgan fingerprint density at radius 2 is 2.26 bits per heavy atom. The van der Waals surface area contributed by atoms with Crippen LogP contribution < -0.4 is 11.1 Å². The highest BCUT2D eigenvalue weighted by Crippen LogP contribution is 2.17. The molecule has 5 nitrogen and oxygen atoms in total. The van der Waals surface area contributed by atoms with E-state index in [4.69, 9.17) is 17.3 Å². The van der Waals surface area contributed by atoms with Gasteiger partial charge in [0, 0.05) is 42.6 Å². The van der Waals surface area contributed by atoms with Gasteiger partial charge in [-0.15, -0.1) is 0 Å². The molecule has 0 radical (unpaired) electrons. The van der Waals surface area contributed by atoms with E-state index < -0.39 is 0 Å². The summed E-state index contributed by atoms with van der Waals surface area (Å²) in [5, 5.41) is 7.37. The van der Waals surface area contributed by atoms with Crippen molar-refractivity contribution in [2.24, 2.45) is 7.05 Å². The van der Waals surface area contributed by atoms with E-state index >= 15 is 0 Å². The van der Waals surface area contributed by atoms with Gasteiger partial charge in [0.1, 0.15) is 0 Å². The maximum atomic E-state index is 12.0. The summed E-state index contributed by atoms with van der Waals surface area (Å²) < 4.78 is 1.78. The minimum absolute atomic E-state index is 0.220. The number of anilines is 1. The van der Waals surface area contributed by atoms with Crippen LogP contribution in [0.5, 0.6) is 0 Å². The summed E-state index contributed by atoms with van der Waals surface area (Å²) in [6.07, 6.45) is 2.44. The van der Waals surface area contributed by atoms with Crippen LogP contribution in [0.2, 0.25) is 5.02 Å². The molecular weight excluding hydrogens is 264 g/mol. The summed E-state index contributed by atoms with van der Waals surface area (Å²) in [4.78, 5) is 12.0. The highest BCUT2D eigenvalue weighted by molar-refractivity contribution is 6.31. The zero-order chi connectivity index (χ0) is 13.8. The number of nitrogens with one attached hydrogen (secondary N) is 1. The second kappa shape index (κ2) is 5.75. The quantitative estimate of drug-likeness (QED) is 0.835. The monoisotopic (exact) mass is 278 g/mol. The second-order valence-electron chi connectivity index (χ2n) is 4.18. The molecule has 1 amide bonds. The van der Waals surface area contributed by atoms with Crippen molar-refractivity contribution in [3.05, 3.63) is 46.7 Å². The lowest BCUT2D eigenvalue weighted by atomic mass is 10.1. The third kappa shape index (κ3) is 3.26. The number of amides is 1. The topological polar surface area (TPSA) is 72.9 Å². The maximum absolute atomic E-state index is 12.0. The molecule has 0 aliphatic carbocycles. The normalized spacial score (nSPS) is 10.4. The molecule has 1 aromatic heterocycles. The van der Waals surface area contributed by atoms with Crippen molar-refractivity contribution < 1.29 is 4.79 Å². The lowest BCUT2D eigenvalue weighted by Gasteiger charge is -2.08. The number of aryl methyl sites for hydroxylation is 1. The molecule has 0 saturated heterocycles. The minimum Gasteiger partial charge on any atom is -0.398 e. The molecule has 0 spiro atoms. The molecule has 0 fully saturated rings. The first-order valence-corrected chi connectivity index (χ1v) is 6.26. The lowest BCUT2D eigenvalue weighted by molar-refractivity contribution is 0.0955. The van der Waals surface area contributed by atoms with Crippen molar-refractivity contribution in [1.82, 2.24) is 15.1 Å². The molecule has 1 heterocycles. The number of hydrogen-bond donors (Lipinski definition) is 2. The Labute approximate surface area is 116 Å². The first-order chi connectivity index (χ1) is 9.08. The van der Waals surface area contributed by atoms with E-state index in [9.17, 15) is 4.79 Å². The largest absolute Gasteiger partial charge is 0.398 e. The Hall–Kier alpha value is -2.01. The standard InChI is InChI=1S/C13H15ClN4O/c1-18-10(5-7-17-18)4-6-16-13(19)11-8-9(14)2-3-12(11)15/h2-3,5,7-8H,4,6,15H2,1H3,(H,16,19). The first-order valence-electron chi connectivity index (χ1n) is 5.88. The third-order valence-corrected chi connectivity index (χ3v) is 3.08. The van der Waals surface area contributed by atoms with Crippen molar-refractivity contribution in [2.75, 3.05) is 12.3 Å². The van der Waals surface area contributed by atoms with Crippen molar-refractivity contribution in [3.63, 3.8) is 0 Å². The molecule has 0 saturated carbocycles. The van der Waals surface area contributed by atoms with E-state index in [2.05, 4.69) is 10.4 Å². The number of benzene rings is 1. The van der Waals surface area contributed by atoms with Gasteiger partial charge in [-0.1, -0.05) is 11.6 Å². The number of rotatable bonds is 4. The van der Waals surface area contributed by atoms with E-state index in [1.54, 1.807) is 29.1 Å². The molecule has 3 N–H and O–H groups in total. The summed E-state index contributed by atoms with van der Waals surface area (Å²) in [5.41, 5.74) is 7.62. The van der Waals surface area contributed by atoms with E-state index in [-0.39, 0.29) is 5.91 Å². The van der Waals surface area contributed by atoms with Crippen LogP contribution in [0.3, 0.4) is 0 Å². The molecule has 2 rings (SSSR count). The van der Waals surface area contributed by atoms with Gasteiger partial charge in [-0.05, 0) is 24.3 Å². The average molecular weight is 279 g/mol. The van der Waals surface area contributed by atoms with Crippen molar-refractivity contribution >= 4 is 23.2 Å². The summed E-state index contributed by atoms with van der Waals surface area (Å²) >= 11 is 5.85. The summed E-state index contributed by atoms with van der Waals surface area (Å²) in [5.74, 6) is -0.220. The molecule has 0 aliphatic rings. The Kier molecular flexibility index (Phi) is 4.06. The zero-order valence-corrected chi connectivity index (χ0v) is 11.3. The minimum atomic E-state index is -0.220. The average Bonchev–Trinajstić information content (AvgIpc) is 2.78. The number of halogens is 1. The number of carbonyl (C=O) groups excluding carboxylic acids is 1. The van der Waals surface area contributed by atoms with Gasteiger partial charge in [-0.3, -0.25) is 9.48 Å². The van der Waals surface area contributed by atoms with Crippen molar-refractivity contribution in [3.8, 4) is 0 Å². The van der Waals surface area contributed by atoms with Crippen LogP contribution in [0, 0.1) is 0 Å². The first kappa shape index (κ1) is 13.4. The van der Waals surface area contributed by atoms with Gasteiger partial charge in [0.15, 0.2) is 0 Å². The van der Waals surface area contributed by atoms with Crippen LogP contribution >= 0.6 is 11.6 Å². The molecule has 6 heteroatoms. The molecule has 0 bridgehead atoms. The summed E-state index contributed by atoms with van der Waals surface area (Å²) in [6.45, 7) is 0.518. The van der Waals surface area contributed by atoms with Crippen molar-refractivity contribution in [1.29, 1.82) is 0 Å². The SMILES string of the molecule is Cn1nccc1CCNC(=O)c1cc(Cl)ccc1N. The highest BCUT2D eigenvalue weighted by atomic mass is 35.5. The Balaban J connectivity index is 1.94. The molecule has 0 unspecified atom stereocenters.